The van der Waals surface area contributed by atoms with Crippen molar-refractivity contribution < 1.29 is 18.7 Å². The van der Waals surface area contributed by atoms with Gasteiger partial charge < -0.3 is 18.9 Å². The largest absolute Gasteiger partial charge is 0.497 e. The number of carbonyl (C=O) groups excluding carboxylic acids is 1. The van der Waals surface area contributed by atoms with Gasteiger partial charge in [-0.3, -0.25) is 4.79 Å². The van der Waals surface area contributed by atoms with Crippen molar-refractivity contribution in [1.29, 1.82) is 0 Å². The van der Waals surface area contributed by atoms with Crippen LogP contribution in [0.3, 0.4) is 0 Å². The van der Waals surface area contributed by atoms with Gasteiger partial charge in [-0.15, -0.1) is 0 Å². The zero-order valence-electron chi connectivity index (χ0n) is 19.8. The number of halogens is 1. The summed E-state index contributed by atoms with van der Waals surface area (Å²) < 4.78 is 26.7. The molecule has 1 atom stereocenters. The van der Waals surface area contributed by atoms with E-state index >= 15 is 0 Å². The minimum Gasteiger partial charge on any atom is -0.497 e. The number of methoxy groups -OCH3 is 1. The Morgan fingerprint density at radius 2 is 1.71 bits per heavy atom. The lowest BCUT2D eigenvalue weighted by Gasteiger charge is -2.28. The predicted octanol–water partition coefficient (Wildman–Crippen LogP) is 5.22. The van der Waals surface area contributed by atoms with Crippen molar-refractivity contribution in [3.05, 3.63) is 102 Å². The van der Waals surface area contributed by atoms with Crippen molar-refractivity contribution in [3.63, 3.8) is 0 Å². The van der Waals surface area contributed by atoms with Gasteiger partial charge in [-0.25, -0.2) is 4.39 Å². The van der Waals surface area contributed by atoms with E-state index in [4.69, 9.17) is 9.47 Å². The molecule has 5 rings (SSSR count). The zero-order valence-corrected chi connectivity index (χ0v) is 19.8. The first-order valence-corrected chi connectivity index (χ1v) is 11.9. The van der Waals surface area contributed by atoms with Gasteiger partial charge in [0.2, 0.25) is 5.91 Å². The number of para-hydroxylation sites is 1. The number of carbonyl (C=O) groups is 1. The maximum absolute atomic E-state index is 13.8. The third kappa shape index (κ3) is 5.08. The molecular formula is C29H29FN2O3. The molecule has 3 aromatic carbocycles. The van der Waals surface area contributed by atoms with Crippen LogP contribution in [-0.4, -0.2) is 48.8 Å². The molecule has 0 bridgehead atoms. The van der Waals surface area contributed by atoms with Gasteiger partial charge in [0, 0.05) is 49.1 Å². The second kappa shape index (κ2) is 10.3. The van der Waals surface area contributed by atoms with Crippen LogP contribution in [0.5, 0.6) is 5.75 Å². The summed E-state index contributed by atoms with van der Waals surface area (Å²) in [5.74, 6) is 0.446. The molecule has 6 heteroatoms. The quantitative estimate of drug-likeness (QED) is 0.371. The minimum absolute atomic E-state index is 0.0922. The Labute approximate surface area is 204 Å². The molecule has 0 spiro atoms. The Hall–Kier alpha value is -3.64. The van der Waals surface area contributed by atoms with Crippen molar-refractivity contribution in [2.45, 2.75) is 18.9 Å². The van der Waals surface area contributed by atoms with Crippen LogP contribution < -0.4 is 4.74 Å². The molecule has 1 aliphatic heterocycles. The summed E-state index contributed by atoms with van der Waals surface area (Å²) in [6.07, 6.45) is 2.47. The average molecular weight is 473 g/mol. The van der Waals surface area contributed by atoms with Crippen LogP contribution in [0.15, 0.2) is 79.0 Å². The molecule has 0 aliphatic carbocycles. The monoisotopic (exact) mass is 472 g/mol. The summed E-state index contributed by atoms with van der Waals surface area (Å²) in [7, 11) is 1.66. The first kappa shape index (κ1) is 23.1. The molecule has 1 aromatic heterocycles. The van der Waals surface area contributed by atoms with E-state index in [0.717, 1.165) is 33.3 Å². The highest BCUT2D eigenvalue weighted by Gasteiger charge is 2.26. The highest BCUT2D eigenvalue weighted by atomic mass is 19.1. The molecule has 0 unspecified atom stereocenters. The van der Waals surface area contributed by atoms with Gasteiger partial charge in [-0.05, 0) is 47.0 Å². The molecule has 5 nitrogen and oxygen atoms in total. The molecule has 1 amide bonds. The molecule has 0 radical (unpaired) electrons. The summed E-state index contributed by atoms with van der Waals surface area (Å²) >= 11 is 0. The number of ether oxygens (including phenoxy) is 2. The highest BCUT2D eigenvalue weighted by molar-refractivity contribution is 5.87. The molecular weight excluding hydrogens is 443 g/mol. The van der Waals surface area contributed by atoms with Crippen LogP contribution >= 0.6 is 0 Å². The fourth-order valence-electron chi connectivity index (χ4n) is 4.83. The van der Waals surface area contributed by atoms with E-state index in [9.17, 15) is 9.18 Å². The van der Waals surface area contributed by atoms with Crippen molar-refractivity contribution >= 4 is 16.8 Å². The molecule has 0 N–H and O–H groups in total. The van der Waals surface area contributed by atoms with Gasteiger partial charge in [0.25, 0.3) is 0 Å². The number of amides is 1. The van der Waals surface area contributed by atoms with Crippen LogP contribution in [-0.2, 0) is 16.1 Å². The normalized spacial score (nSPS) is 14.7. The summed E-state index contributed by atoms with van der Waals surface area (Å²) in [5, 5.41) is 1.10. The fourth-order valence-corrected chi connectivity index (χ4v) is 4.83. The van der Waals surface area contributed by atoms with Gasteiger partial charge >= 0.3 is 0 Å². The molecule has 180 valence electrons. The molecule has 35 heavy (non-hydrogen) atoms. The summed E-state index contributed by atoms with van der Waals surface area (Å²) in [6.45, 7) is 3.03. The topological polar surface area (TPSA) is 43.7 Å². The third-order valence-electron chi connectivity index (χ3n) is 6.72. The van der Waals surface area contributed by atoms with E-state index in [2.05, 4.69) is 35.0 Å². The predicted molar refractivity (Wildman–Crippen MR) is 134 cm³/mol. The lowest BCUT2D eigenvalue weighted by molar-refractivity contribution is -0.135. The van der Waals surface area contributed by atoms with Crippen LogP contribution in [0.4, 0.5) is 4.39 Å². The number of benzene rings is 3. The Kier molecular flexibility index (Phi) is 6.82. The van der Waals surface area contributed by atoms with Gasteiger partial charge in [0.1, 0.15) is 11.6 Å². The molecule has 1 saturated heterocycles. The lowest BCUT2D eigenvalue weighted by Crippen LogP contribution is -2.41. The third-order valence-corrected chi connectivity index (χ3v) is 6.72. The van der Waals surface area contributed by atoms with Crippen molar-refractivity contribution in [3.8, 4) is 5.75 Å². The summed E-state index contributed by atoms with van der Waals surface area (Å²) in [5.41, 5.74) is 4.26. The van der Waals surface area contributed by atoms with Gasteiger partial charge in [-0.1, -0.05) is 42.5 Å². The lowest BCUT2D eigenvalue weighted by atomic mass is 9.87. The molecule has 1 aliphatic rings. The van der Waals surface area contributed by atoms with Crippen molar-refractivity contribution in [1.82, 2.24) is 9.47 Å². The second-order valence-corrected chi connectivity index (χ2v) is 8.88. The van der Waals surface area contributed by atoms with E-state index in [-0.39, 0.29) is 17.6 Å². The first-order valence-electron chi connectivity index (χ1n) is 11.9. The number of hydrogen-bond acceptors (Lipinski definition) is 3. The molecule has 2 heterocycles. The van der Waals surface area contributed by atoms with E-state index in [1.807, 2.05) is 29.2 Å². The van der Waals surface area contributed by atoms with E-state index < -0.39 is 0 Å². The number of hydrogen-bond donors (Lipinski definition) is 0. The Morgan fingerprint density at radius 1 is 1.00 bits per heavy atom. The molecule has 0 saturated carbocycles. The standard InChI is InChI=1S/C29H29FN2O3/c1-34-24-12-6-21(7-13-24)19-32-20-27(25-4-2-3-5-28(25)32)26(22-8-10-23(30)11-9-22)18-29(33)31-14-16-35-17-15-31/h2-13,20,26H,14-19H2,1H3/t26-/m1/s1. The number of aromatic nitrogens is 1. The van der Waals surface area contributed by atoms with Crippen LogP contribution in [0, 0.1) is 5.82 Å². The molecule has 1 fully saturated rings. The van der Waals surface area contributed by atoms with Crippen LogP contribution in [0.2, 0.25) is 0 Å². The maximum Gasteiger partial charge on any atom is 0.223 e. The Bertz CT molecular complexity index is 1290. The average Bonchev–Trinajstić information content (AvgIpc) is 3.27. The number of rotatable bonds is 7. The first-order chi connectivity index (χ1) is 17.1. The van der Waals surface area contributed by atoms with E-state index in [0.29, 0.717) is 39.3 Å². The zero-order chi connectivity index (χ0) is 24.2. The number of morpholine rings is 1. The second-order valence-electron chi connectivity index (χ2n) is 8.88. The smallest absolute Gasteiger partial charge is 0.223 e. The van der Waals surface area contributed by atoms with Crippen LogP contribution in [0.1, 0.15) is 29.0 Å². The minimum atomic E-state index is -0.283. The summed E-state index contributed by atoms with van der Waals surface area (Å²) in [4.78, 5) is 15.2. The SMILES string of the molecule is COc1ccc(Cn2cc([C@H](CC(=O)N3CCOCC3)c3ccc(F)cc3)c3ccccc32)cc1. The van der Waals surface area contributed by atoms with Crippen LogP contribution in [0.25, 0.3) is 10.9 Å². The highest BCUT2D eigenvalue weighted by Crippen LogP contribution is 2.36. The Balaban J connectivity index is 1.53. The van der Waals surface area contributed by atoms with Crippen molar-refractivity contribution in [2.24, 2.45) is 0 Å². The maximum atomic E-state index is 13.8. The van der Waals surface area contributed by atoms with Crippen molar-refractivity contribution in [2.75, 3.05) is 33.4 Å². The van der Waals surface area contributed by atoms with Gasteiger partial charge in [-0.2, -0.15) is 0 Å². The van der Waals surface area contributed by atoms with E-state index in [1.54, 1.807) is 19.2 Å². The fraction of sp³-hybridized carbons (Fsp3) is 0.276. The van der Waals surface area contributed by atoms with E-state index in [1.165, 1.54) is 12.1 Å². The summed E-state index contributed by atoms with van der Waals surface area (Å²) in [6, 6.07) is 22.8. The van der Waals surface area contributed by atoms with Gasteiger partial charge in [0.15, 0.2) is 0 Å². The Morgan fingerprint density at radius 3 is 2.43 bits per heavy atom. The van der Waals surface area contributed by atoms with Gasteiger partial charge in [0.05, 0.1) is 20.3 Å². The number of nitrogens with zero attached hydrogens (tertiary/aromatic N) is 2. The molecule has 4 aromatic rings. The number of fused-ring (bicyclic) bond motifs is 1.